The first-order chi connectivity index (χ1) is 8.38. The molecule has 2 rings (SSSR count). The molecule has 0 saturated carbocycles. The van der Waals surface area contributed by atoms with Gasteiger partial charge in [-0.3, -0.25) is 0 Å². The molecule has 2 heterocycles. The first kappa shape index (κ1) is 13.5. The predicted molar refractivity (Wildman–Crippen MR) is 64.9 cm³/mol. The van der Waals surface area contributed by atoms with Crippen molar-refractivity contribution >= 4 is 17.4 Å². The van der Waals surface area contributed by atoms with Crippen LogP contribution in [0.25, 0.3) is 0 Å². The smallest absolute Gasteiger partial charge is 0.356 e. The number of piperidine rings is 1. The highest BCUT2D eigenvalue weighted by Crippen LogP contribution is 2.30. The van der Waals surface area contributed by atoms with Gasteiger partial charge in [-0.15, -0.1) is 11.6 Å². The summed E-state index contributed by atoms with van der Waals surface area (Å²) in [6.07, 6.45) is -2.62. The third-order valence-electron chi connectivity index (χ3n) is 3.20. The number of hydrogen-bond donors (Lipinski definition) is 0. The molecule has 0 N–H and O–H groups in total. The number of halogens is 4. The van der Waals surface area contributed by atoms with Crippen LogP contribution in [0.4, 0.5) is 19.0 Å². The lowest BCUT2D eigenvalue weighted by atomic mass is 9.99. The van der Waals surface area contributed by atoms with Crippen LogP contribution in [-0.4, -0.2) is 23.5 Å². The largest absolute Gasteiger partial charge is 0.417 e. The molecule has 2 nitrogen and oxygen atoms in total. The van der Waals surface area contributed by atoms with Gasteiger partial charge in [0.05, 0.1) is 5.56 Å². The Bertz CT molecular complexity index is 405. The van der Waals surface area contributed by atoms with Crippen LogP contribution in [0.15, 0.2) is 18.3 Å². The number of rotatable bonds is 1. The van der Waals surface area contributed by atoms with Crippen molar-refractivity contribution in [2.45, 2.75) is 24.9 Å². The highest BCUT2D eigenvalue weighted by Gasteiger charge is 2.31. The SMILES string of the molecule is CC1CN(c2ccc(C(F)(F)F)cn2)CCC1Cl. The summed E-state index contributed by atoms with van der Waals surface area (Å²) in [6, 6.07) is 2.49. The van der Waals surface area contributed by atoms with E-state index in [9.17, 15) is 13.2 Å². The summed E-state index contributed by atoms with van der Waals surface area (Å²) in [5.41, 5.74) is -0.716. The molecule has 100 valence electrons. The third-order valence-corrected chi connectivity index (χ3v) is 3.85. The van der Waals surface area contributed by atoms with Crippen molar-refractivity contribution in [3.05, 3.63) is 23.9 Å². The van der Waals surface area contributed by atoms with Gasteiger partial charge in [0.2, 0.25) is 0 Å². The Morgan fingerprint density at radius 1 is 1.39 bits per heavy atom. The van der Waals surface area contributed by atoms with E-state index in [1.54, 1.807) is 0 Å². The van der Waals surface area contributed by atoms with Crippen LogP contribution in [0, 0.1) is 5.92 Å². The normalized spacial score (nSPS) is 25.3. The highest BCUT2D eigenvalue weighted by molar-refractivity contribution is 6.20. The summed E-state index contributed by atoms with van der Waals surface area (Å²) in [6.45, 7) is 3.50. The van der Waals surface area contributed by atoms with Gasteiger partial charge in [0.15, 0.2) is 0 Å². The summed E-state index contributed by atoms with van der Waals surface area (Å²) in [5, 5.41) is 0.135. The number of hydrogen-bond acceptors (Lipinski definition) is 2. The number of anilines is 1. The van der Waals surface area contributed by atoms with Gasteiger partial charge < -0.3 is 4.90 Å². The minimum atomic E-state index is -4.33. The molecular formula is C12H14ClF3N2. The second-order valence-electron chi connectivity index (χ2n) is 4.63. The first-order valence-corrected chi connectivity index (χ1v) is 6.24. The summed E-state index contributed by atoms with van der Waals surface area (Å²) in [7, 11) is 0. The average Bonchev–Trinajstić information content (AvgIpc) is 2.32. The van der Waals surface area contributed by atoms with Crippen molar-refractivity contribution in [3.63, 3.8) is 0 Å². The molecule has 2 atom stereocenters. The summed E-state index contributed by atoms with van der Waals surface area (Å²) in [5.74, 6) is 0.892. The minimum Gasteiger partial charge on any atom is -0.356 e. The third kappa shape index (κ3) is 2.88. The first-order valence-electron chi connectivity index (χ1n) is 5.80. The Balaban J connectivity index is 2.11. The van der Waals surface area contributed by atoms with Crippen LogP contribution < -0.4 is 4.90 Å². The Labute approximate surface area is 109 Å². The van der Waals surface area contributed by atoms with Crippen LogP contribution in [-0.2, 0) is 6.18 Å². The Hall–Kier alpha value is -0.970. The van der Waals surface area contributed by atoms with Gasteiger partial charge in [0.25, 0.3) is 0 Å². The van der Waals surface area contributed by atoms with Crippen LogP contribution in [0.2, 0.25) is 0 Å². The summed E-state index contributed by atoms with van der Waals surface area (Å²) >= 11 is 6.11. The van der Waals surface area contributed by atoms with Gasteiger partial charge in [-0.2, -0.15) is 13.2 Å². The molecule has 1 aromatic heterocycles. The van der Waals surface area contributed by atoms with Gasteiger partial charge in [-0.25, -0.2) is 4.98 Å². The van der Waals surface area contributed by atoms with Crippen molar-refractivity contribution in [1.82, 2.24) is 4.98 Å². The van der Waals surface area contributed by atoms with E-state index < -0.39 is 11.7 Å². The zero-order valence-electron chi connectivity index (χ0n) is 9.91. The molecule has 0 aromatic carbocycles. The van der Waals surface area contributed by atoms with E-state index in [-0.39, 0.29) is 5.38 Å². The topological polar surface area (TPSA) is 16.1 Å². The molecule has 0 radical (unpaired) electrons. The molecule has 0 bridgehead atoms. The Morgan fingerprint density at radius 3 is 2.61 bits per heavy atom. The van der Waals surface area contributed by atoms with Crippen LogP contribution >= 0.6 is 11.6 Å². The van der Waals surface area contributed by atoms with Crippen molar-refractivity contribution in [1.29, 1.82) is 0 Å². The molecular weight excluding hydrogens is 265 g/mol. The molecule has 1 fully saturated rings. The molecule has 0 spiro atoms. The maximum Gasteiger partial charge on any atom is 0.417 e. The van der Waals surface area contributed by atoms with E-state index in [0.717, 1.165) is 31.8 Å². The van der Waals surface area contributed by atoms with Crippen LogP contribution in [0.1, 0.15) is 18.9 Å². The van der Waals surface area contributed by atoms with Gasteiger partial charge in [-0.05, 0) is 24.5 Å². The van der Waals surface area contributed by atoms with Gasteiger partial charge in [0, 0.05) is 24.7 Å². The predicted octanol–water partition coefficient (Wildman–Crippen LogP) is 3.55. The van der Waals surface area contributed by atoms with E-state index in [0.29, 0.717) is 11.7 Å². The second-order valence-corrected chi connectivity index (χ2v) is 5.19. The van der Waals surface area contributed by atoms with Gasteiger partial charge in [-0.1, -0.05) is 6.92 Å². The molecule has 1 aliphatic heterocycles. The van der Waals surface area contributed by atoms with Crippen molar-refractivity contribution in [2.24, 2.45) is 5.92 Å². The fourth-order valence-electron chi connectivity index (χ4n) is 2.07. The molecule has 1 aromatic rings. The van der Waals surface area contributed by atoms with Crippen molar-refractivity contribution in [2.75, 3.05) is 18.0 Å². The van der Waals surface area contributed by atoms with Gasteiger partial charge in [0.1, 0.15) is 5.82 Å². The second kappa shape index (κ2) is 4.96. The molecule has 18 heavy (non-hydrogen) atoms. The molecule has 0 aliphatic carbocycles. The zero-order valence-corrected chi connectivity index (χ0v) is 10.7. The van der Waals surface area contributed by atoms with Gasteiger partial charge >= 0.3 is 6.18 Å². The molecule has 1 aliphatic rings. The number of alkyl halides is 4. The van der Waals surface area contributed by atoms with Crippen LogP contribution in [0.5, 0.6) is 0 Å². The lowest BCUT2D eigenvalue weighted by Crippen LogP contribution is -2.40. The summed E-state index contributed by atoms with van der Waals surface area (Å²) < 4.78 is 37.2. The highest BCUT2D eigenvalue weighted by atomic mass is 35.5. The minimum absolute atomic E-state index is 0.135. The van der Waals surface area contributed by atoms with Crippen molar-refractivity contribution in [3.8, 4) is 0 Å². The number of pyridine rings is 1. The molecule has 0 amide bonds. The van der Waals surface area contributed by atoms with E-state index in [2.05, 4.69) is 4.98 Å². The fourth-order valence-corrected chi connectivity index (χ4v) is 2.24. The van der Waals surface area contributed by atoms with E-state index in [1.165, 1.54) is 6.07 Å². The van der Waals surface area contributed by atoms with E-state index >= 15 is 0 Å². The molecule has 1 saturated heterocycles. The standard InChI is InChI=1S/C12H14ClF3N2/c1-8-7-18(5-4-10(8)13)11-3-2-9(6-17-11)12(14,15)16/h2-3,6,8,10H,4-5,7H2,1H3. The number of nitrogens with zero attached hydrogens (tertiary/aromatic N) is 2. The van der Waals surface area contributed by atoms with E-state index in [1.807, 2.05) is 11.8 Å². The lowest BCUT2D eigenvalue weighted by molar-refractivity contribution is -0.137. The Morgan fingerprint density at radius 2 is 2.11 bits per heavy atom. The Kier molecular flexibility index (Phi) is 3.71. The zero-order chi connectivity index (χ0) is 13.3. The monoisotopic (exact) mass is 278 g/mol. The van der Waals surface area contributed by atoms with E-state index in [4.69, 9.17) is 11.6 Å². The number of aromatic nitrogens is 1. The van der Waals surface area contributed by atoms with Crippen molar-refractivity contribution < 1.29 is 13.2 Å². The molecule has 2 unspecified atom stereocenters. The maximum atomic E-state index is 12.4. The quantitative estimate of drug-likeness (QED) is 0.730. The maximum absolute atomic E-state index is 12.4. The summed E-state index contributed by atoms with van der Waals surface area (Å²) in [4.78, 5) is 5.87. The average molecular weight is 279 g/mol. The van der Waals surface area contributed by atoms with Crippen LogP contribution in [0.3, 0.4) is 0 Å². The molecule has 6 heteroatoms. The lowest BCUT2D eigenvalue weighted by Gasteiger charge is -2.34. The fraction of sp³-hybridized carbons (Fsp3) is 0.583.